The number of fused-ring (bicyclic) bond motifs is 1. The summed E-state index contributed by atoms with van der Waals surface area (Å²) in [5, 5.41) is 6.02. The van der Waals surface area contributed by atoms with Gasteiger partial charge in [0, 0.05) is 31.6 Å². The molecule has 0 amide bonds. The summed E-state index contributed by atoms with van der Waals surface area (Å²) in [6.45, 7) is 11.4. The number of morpholine rings is 1. The summed E-state index contributed by atoms with van der Waals surface area (Å²) < 4.78 is 12.4. The van der Waals surface area contributed by atoms with Crippen molar-refractivity contribution in [3.05, 3.63) is 29.0 Å². The molecule has 25 heavy (non-hydrogen) atoms. The number of carbonyl (C=O) groups excluding carboxylic acids is 1. The van der Waals surface area contributed by atoms with Crippen molar-refractivity contribution in [3.63, 3.8) is 0 Å². The Bertz CT molecular complexity index is 761. The molecule has 0 aliphatic carbocycles. The summed E-state index contributed by atoms with van der Waals surface area (Å²) in [6.07, 6.45) is 0. The molecule has 1 aromatic carbocycles. The minimum absolute atomic E-state index is 0.300. The molecule has 2 heterocycles. The zero-order chi connectivity index (χ0) is 18.0. The molecule has 2 aromatic rings. The summed E-state index contributed by atoms with van der Waals surface area (Å²) in [6, 6.07) is 3.86. The summed E-state index contributed by atoms with van der Waals surface area (Å²) in [5.41, 5.74) is 3.65. The maximum absolute atomic E-state index is 12.1. The highest BCUT2D eigenvalue weighted by Crippen LogP contribution is 2.27. The molecule has 3 rings (SSSR count). The lowest BCUT2D eigenvalue weighted by atomic mass is 10.0. The lowest BCUT2D eigenvalue weighted by molar-refractivity contribution is 0.0337. The molecule has 0 atom stereocenters. The number of methoxy groups -OCH3 is 1. The van der Waals surface area contributed by atoms with Crippen LogP contribution in [0.1, 0.15) is 35.5 Å². The molecule has 136 valence electrons. The van der Waals surface area contributed by atoms with E-state index in [4.69, 9.17) is 14.6 Å². The van der Waals surface area contributed by atoms with Crippen LogP contribution in [0.15, 0.2) is 12.1 Å². The van der Waals surface area contributed by atoms with E-state index in [0.717, 1.165) is 61.6 Å². The SMILES string of the molecule is COC(=O)c1ccc2c(CN3CCOCC3)nn(CC(C)C)c2c1C. The van der Waals surface area contributed by atoms with Crippen molar-refractivity contribution in [2.24, 2.45) is 5.92 Å². The first-order valence-electron chi connectivity index (χ1n) is 8.88. The zero-order valence-corrected chi connectivity index (χ0v) is 15.5. The van der Waals surface area contributed by atoms with Gasteiger partial charge in [-0.2, -0.15) is 5.10 Å². The van der Waals surface area contributed by atoms with Gasteiger partial charge in [0.05, 0.1) is 37.1 Å². The number of esters is 1. The van der Waals surface area contributed by atoms with E-state index in [1.807, 2.05) is 19.1 Å². The van der Waals surface area contributed by atoms with Crippen LogP contribution < -0.4 is 0 Å². The number of hydrogen-bond acceptors (Lipinski definition) is 5. The molecule has 1 aromatic heterocycles. The van der Waals surface area contributed by atoms with Gasteiger partial charge < -0.3 is 9.47 Å². The van der Waals surface area contributed by atoms with E-state index >= 15 is 0 Å². The first-order chi connectivity index (χ1) is 12.0. The Balaban J connectivity index is 2.05. The van der Waals surface area contributed by atoms with Gasteiger partial charge in [0.2, 0.25) is 0 Å². The van der Waals surface area contributed by atoms with Crippen LogP contribution in [-0.2, 0) is 22.6 Å². The van der Waals surface area contributed by atoms with E-state index in [1.54, 1.807) is 0 Å². The first kappa shape index (κ1) is 17.9. The third-order valence-electron chi connectivity index (χ3n) is 4.66. The van der Waals surface area contributed by atoms with Gasteiger partial charge >= 0.3 is 5.97 Å². The number of hydrogen-bond donors (Lipinski definition) is 0. The first-order valence-corrected chi connectivity index (χ1v) is 8.88. The van der Waals surface area contributed by atoms with Gasteiger partial charge in [0.1, 0.15) is 0 Å². The predicted molar refractivity (Wildman–Crippen MR) is 96.7 cm³/mol. The highest BCUT2D eigenvalue weighted by atomic mass is 16.5. The van der Waals surface area contributed by atoms with Gasteiger partial charge in [-0.15, -0.1) is 0 Å². The molecule has 1 fully saturated rings. The topological polar surface area (TPSA) is 56.6 Å². The number of aromatic nitrogens is 2. The Kier molecular flexibility index (Phi) is 5.39. The molecule has 0 radical (unpaired) electrons. The average Bonchev–Trinajstić information content (AvgIpc) is 2.93. The summed E-state index contributed by atoms with van der Waals surface area (Å²) in [7, 11) is 1.42. The second-order valence-corrected chi connectivity index (χ2v) is 7.04. The Labute approximate surface area is 148 Å². The second kappa shape index (κ2) is 7.54. The molecule has 0 bridgehead atoms. The minimum atomic E-state index is -0.300. The molecule has 1 saturated heterocycles. The van der Waals surface area contributed by atoms with Crippen LogP contribution in [0.3, 0.4) is 0 Å². The smallest absolute Gasteiger partial charge is 0.338 e. The van der Waals surface area contributed by atoms with E-state index in [0.29, 0.717) is 11.5 Å². The van der Waals surface area contributed by atoms with Gasteiger partial charge in [-0.05, 0) is 30.5 Å². The normalized spacial score (nSPS) is 15.9. The molecule has 1 aliphatic rings. The lowest BCUT2D eigenvalue weighted by Crippen LogP contribution is -2.35. The van der Waals surface area contributed by atoms with E-state index in [-0.39, 0.29) is 5.97 Å². The van der Waals surface area contributed by atoms with Crippen LogP contribution in [0.5, 0.6) is 0 Å². The van der Waals surface area contributed by atoms with Crippen LogP contribution in [0, 0.1) is 12.8 Å². The largest absolute Gasteiger partial charge is 0.465 e. The van der Waals surface area contributed by atoms with Crippen molar-refractivity contribution >= 4 is 16.9 Å². The van der Waals surface area contributed by atoms with Crippen molar-refractivity contribution in [1.82, 2.24) is 14.7 Å². The molecule has 0 spiro atoms. The van der Waals surface area contributed by atoms with Gasteiger partial charge in [-0.3, -0.25) is 9.58 Å². The molecular formula is C19H27N3O3. The Morgan fingerprint density at radius 1 is 1.32 bits per heavy atom. The maximum Gasteiger partial charge on any atom is 0.338 e. The fourth-order valence-electron chi connectivity index (χ4n) is 3.41. The molecule has 6 heteroatoms. The Morgan fingerprint density at radius 2 is 2.04 bits per heavy atom. The van der Waals surface area contributed by atoms with Crippen LogP contribution in [0.25, 0.3) is 10.9 Å². The molecule has 1 aliphatic heterocycles. The predicted octanol–water partition coefficient (Wildman–Crippen LogP) is 2.62. The standard InChI is InChI=1S/C19H27N3O3/c1-13(2)11-22-18-14(3)15(19(23)24-4)5-6-16(18)17(20-22)12-21-7-9-25-10-8-21/h5-6,13H,7-12H2,1-4H3. The third kappa shape index (κ3) is 3.70. The number of carbonyl (C=O) groups is 1. The summed E-state index contributed by atoms with van der Waals surface area (Å²) in [5.74, 6) is 0.173. The highest BCUT2D eigenvalue weighted by molar-refractivity contribution is 5.98. The zero-order valence-electron chi connectivity index (χ0n) is 15.5. The van der Waals surface area contributed by atoms with E-state index in [2.05, 4.69) is 23.4 Å². The van der Waals surface area contributed by atoms with Crippen LogP contribution in [-0.4, -0.2) is 54.1 Å². The second-order valence-electron chi connectivity index (χ2n) is 7.04. The number of benzene rings is 1. The van der Waals surface area contributed by atoms with Crippen molar-refractivity contribution in [2.75, 3.05) is 33.4 Å². The van der Waals surface area contributed by atoms with Crippen LogP contribution in [0.2, 0.25) is 0 Å². The summed E-state index contributed by atoms with van der Waals surface area (Å²) >= 11 is 0. The quantitative estimate of drug-likeness (QED) is 0.780. The van der Waals surface area contributed by atoms with E-state index < -0.39 is 0 Å². The lowest BCUT2D eigenvalue weighted by Gasteiger charge is -2.25. The number of nitrogens with zero attached hydrogens (tertiary/aromatic N) is 3. The highest BCUT2D eigenvalue weighted by Gasteiger charge is 2.21. The Morgan fingerprint density at radius 3 is 2.68 bits per heavy atom. The fourth-order valence-corrected chi connectivity index (χ4v) is 3.41. The number of ether oxygens (including phenoxy) is 2. The fraction of sp³-hybridized carbons (Fsp3) is 0.579. The van der Waals surface area contributed by atoms with Crippen LogP contribution in [0.4, 0.5) is 0 Å². The Hall–Kier alpha value is -1.92. The number of aryl methyl sites for hydroxylation is 1. The molecule has 0 saturated carbocycles. The van der Waals surface area contributed by atoms with Gasteiger partial charge in [-0.1, -0.05) is 13.8 Å². The molecule has 6 nitrogen and oxygen atoms in total. The van der Waals surface area contributed by atoms with Crippen LogP contribution >= 0.6 is 0 Å². The third-order valence-corrected chi connectivity index (χ3v) is 4.66. The van der Waals surface area contributed by atoms with Gasteiger partial charge in [0.25, 0.3) is 0 Å². The minimum Gasteiger partial charge on any atom is -0.465 e. The average molecular weight is 345 g/mol. The molecular weight excluding hydrogens is 318 g/mol. The molecule has 0 N–H and O–H groups in total. The monoisotopic (exact) mass is 345 g/mol. The van der Waals surface area contributed by atoms with Gasteiger partial charge in [-0.25, -0.2) is 4.79 Å². The van der Waals surface area contributed by atoms with Crippen molar-refractivity contribution in [2.45, 2.75) is 33.9 Å². The summed E-state index contributed by atoms with van der Waals surface area (Å²) in [4.78, 5) is 14.4. The van der Waals surface area contributed by atoms with E-state index in [9.17, 15) is 4.79 Å². The molecule has 0 unspecified atom stereocenters. The van der Waals surface area contributed by atoms with E-state index in [1.165, 1.54) is 7.11 Å². The van der Waals surface area contributed by atoms with Crippen molar-refractivity contribution in [1.29, 1.82) is 0 Å². The number of rotatable bonds is 5. The van der Waals surface area contributed by atoms with Gasteiger partial charge in [0.15, 0.2) is 0 Å². The maximum atomic E-state index is 12.1. The van der Waals surface area contributed by atoms with Crippen molar-refractivity contribution in [3.8, 4) is 0 Å². The van der Waals surface area contributed by atoms with Crippen molar-refractivity contribution < 1.29 is 14.3 Å².